The largest absolute Gasteiger partial charge is 0.366 e. The van der Waals surface area contributed by atoms with Crippen LogP contribution in [0.2, 0.25) is 0 Å². The van der Waals surface area contributed by atoms with Crippen LogP contribution in [0.25, 0.3) is 0 Å². The number of hydrogen-bond acceptors (Lipinski definition) is 4. The van der Waals surface area contributed by atoms with Gasteiger partial charge in [-0.15, -0.1) is 0 Å². The van der Waals surface area contributed by atoms with Gasteiger partial charge in [-0.2, -0.15) is 0 Å². The lowest BCUT2D eigenvalue weighted by Gasteiger charge is -2.32. The van der Waals surface area contributed by atoms with Gasteiger partial charge in [0, 0.05) is 31.4 Å². The maximum Gasteiger partial charge on any atom is 0.248 e. The van der Waals surface area contributed by atoms with Gasteiger partial charge in [-0.25, -0.2) is 4.98 Å². The number of primary amides is 1. The number of nitrogens with zero attached hydrogens (tertiary/aromatic N) is 2. The van der Waals surface area contributed by atoms with Gasteiger partial charge in [0.1, 0.15) is 5.82 Å². The van der Waals surface area contributed by atoms with E-state index < -0.39 is 0 Å². The molecule has 0 atom stereocenters. The van der Waals surface area contributed by atoms with Crippen molar-refractivity contribution in [2.24, 2.45) is 17.4 Å². The predicted octanol–water partition coefficient (Wildman–Crippen LogP) is 4.54. The zero-order valence-corrected chi connectivity index (χ0v) is 18.5. The summed E-state index contributed by atoms with van der Waals surface area (Å²) < 4.78 is 0. The Balaban J connectivity index is 0.000000284. The molecular formula is C24H38N4O. The number of benzene rings is 1. The number of rotatable bonds is 5. The van der Waals surface area contributed by atoms with Gasteiger partial charge in [-0.3, -0.25) is 4.79 Å². The van der Waals surface area contributed by atoms with Gasteiger partial charge in [0.2, 0.25) is 5.91 Å². The third-order valence-electron chi connectivity index (χ3n) is 5.18. The summed E-state index contributed by atoms with van der Waals surface area (Å²) in [6.07, 6.45) is 6.74. The van der Waals surface area contributed by atoms with Crippen molar-refractivity contribution in [3.8, 4) is 0 Å². The van der Waals surface area contributed by atoms with Crippen LogP contribution in [0.15, 0.2) is 42.6 Å². The highest BCUT2D eigenvalue weighted by molar-refractivity contribution is 5.92. The molecule has 1 aliphatic rings. The number of amides is 1. The topological polar surface area (TPSA) is 85.2 Å². The monoisotopic (exact) mass is 398 g/mol. The number of aromatic nitrogens is 1. The zero-order valence-electron chi connectivity index (χ0n) is 18.5. The molecule has 5 heteroatoms. The fourth-order valence-electron chi connectivity index (χ4n) is 3.24. The van der Waals surface area contributed by atoms with E-state index in [1.54, 1.807) is 6.07 Å². The van der Waals surface area contributed by atoms with Gasteiger partial charge in [0.15, 0.2) is 0 Å². The third kappa shape index (κ3) is 8.24. The molecule has 2 heterocycles. The van der Waals surface area contributed by atoms with Crippen LogP contribution < -0.4 is 16.4 Å². The second-order valence-corrected chi connectivity index (χ2v) is 6.99. The SMILES string of the molecule is CC.CCC1CCN(c2ccc(CN)cn2)CC1.CCc1cccc(C(N)=O)c1. The van der Waals surface area contributed by atoms with Gasteiger partial charge in [0.05, 0.1) is 0 Å². The van der Waals surface area contributed by atoms with Gasteiger partial charge in [-0.05, 0) is 54.5 Å². The van der Waals surface area contributed by atoms with Crippen LogP contribution in [-0.4, -0.2) is 24.0 Å². The Hall–Kier alpha value is -2.40. The molecule has 160 valence electrons. The summed E-state index contributed by atoms with van der Waals surface area (Å²) in [5.41, 5.74) is 13.5. The first kappa shape index (κ1) is 24.6. The van der Waals surface area contributed by atoms with Crippen molar-refractivity contribution in [1.82, 2.24) is 4.98 Å². The Morgan fingerprint density at radius 3 is 2.28 bits per heavy atom. The van der Waals surface area contributed by atoms with Crippen molar-refractivity contribution < 1.29 is 4.79 Å². The maximum absolute atomic E-state index is 10.7. The molecule has 0 spiro atoms. The average molecular weight is 399 g/mol. The summed E-state index contributed by atoms with van der Waals surface area (Å²) in [6.45, 7) is 11.2. The molecule has 1 aromatic heterocycles. The quantitative estimate of drug-likeness (QED) is 0.774. The zero-order chi connectivity index (χ0) is 21.6. The number of piperidine rings is 1. The molecule has 1 saturated heterocycles. The smallest absolute Gasteiger partial charge is 0.248 e. The Labute approximate surface area is 176 Å². The lowest BCUT2D eigenvalue weighted by Crippen LogP contribution is -2.34. The van der Waals surface area contributed by atoms with Crippen LogP contribution >= 0.6 is 0 Å². The number of pyridine rings is 1. The first-order valence-electron chi connectivity index (χ1n) is 10.9. The molecule has 1 fully saturated rings. The summed E-state index contributed by atoms with van der Waals surface area (Å²) in [5.74, 6) is 1.66. The van der Waals surface area contributed by atoms with Crippen molar-refractivity contribution in [2.75, 3.05) is 18.0 Å². The van der Waals surface area contributed by atoms with Gasteiger partial charge >= 0.3 is 0 Å². The minimum atomic E-state index is -0.361. The summed E-state index contributed by atoms with van der Waals surface area (Å²) in [4.78, 5) is 17.5. The van der Waals surface area contributed by atoms with Crippen molar-refractivity contribution >= 4 is 11.7 Å². The molecule has 2 aromatic rings. The summed E-state index contributed by atoms with van der Waals surface area (Å²) in [7, 11) is 0. The van der Waals surface area contributed by atoms with Crippen LogP contribution in [0, 0.1) is 5.92 Å². The number of carbonyl (C=O) groups is 1. The summed E-state index contributed by atoms with van der Waals surface area (Å²) >= 11 is 0. The van der Waals surface area contributed by atoms with E-state index in [0.29, 0.717) is 12.1 Å². The van der Waals surface area contributed by atoms with E-state index in [2.05, 4.69) is 28.9 Å². The number of carbonyl (C=O) groups excluding carboxylic acids is 1. The van der Waals surface area contributed by atoms with Crippen molar-refractivity contribution in [3.05, 3.63) is 59.3 Å². The Morgan fingerprint density at radius 1 is 1.10 bits per heavy atom. The van der Waals surface area contributed by atoms with E-state index in [1.165, 1.54) is 19.3 Å². The van der Waals surface area contributed by atoms with E-state index in [-0.39, 0.29) is 5.91 Å². The fraction of sp³-hybridized carbons (Fsp3) is 0.500. The molecule has 0 radical (unpaired) electrons. The molecule has 29 heavy (non-hydrogen) atoms. The molecule has 0 aliphatic carbocycles. The molecule has 1 amide bonds. The Bertz CT molecular complexity index is 707. The lowest BCUT2D eigenvalue weighted by atomic mass is 9.94. The minimum absolute atomic E-state index is 0.361. The first-order valence-corrected chi connectivity index (χ1v) is 10.9. The highest BCUT2D eigenvalue weighted by Gasteiger charge is 2.18. The molecule has 4 N–H and O–H groups in total. The molecule has 0 bridgehead atoms. The number of nitrogens with two attached hydrogens (primary N) is 2. The second kappa shape index (κ2) is 13.7. The van der Waals surface area contributed by atoms with E-state index in [9.17, 15) is 4.79 Å². The fourth-order valence-corrected chi connectivity index (χ4v) is 3.24. The van der Waals surface area contributed by atoms with E-state index in [4.69, 9.17) is 11.5 Å². The third-order valence-corrected chi connectivity index (χ3v) is 5.18. The van der Waals surface area contributed by atoms with Crippen LogP contribution in [0.5, 0.6) is 0 Å². The van der Waals surface area contributed by atoms with Crippen LogP contribution in [0.4, 0.5) is 5.82 Å². The Kier molecular flexibility index (Phi) is 11.7. The molecule has 1 aromatic carbocycles. The van der Waals surface area contributed by atoms with Crippen LogP contribution in [0.3, 0.4) is 0 Å². The van der Waals surface area contributed by atoms with Gasteiger partial charge in [0.25, 0.3) is 0 Å². The van der Waals surface area contributed by atoms with Crippen LogP contribution in [-0.2, 0) is 13.0 Å². The van der Waals surface area contributed by atoms with E-state index in [1.807, 2.05) is 45.2 Å². The summed E-state index contributed by atoms with van der Waals surface area (Å²) in [6, 6.07) is 11.5. The first-order chi connectivity index (χ1) is 14.1. The molecular weight excluding hydrogens is 360 g/mol. The number of hydrogen-bond donors (Lipinski definition) is 2. The predicted molar refractivity (Wildman–Crippen MR) is 123 cm³/mol. The standard InChI is InChI=1S/C13H21N3.C9H11NO.C2H6/c1-2-11-5-7-16(8-6-11)13-4-3-12(9-14)10-15-13;1-2-7-4-3-5-8(6-7)9(10)11;1-2/h3-4,10-11H,2,5-9,14H2,1H3;3-6H,2H2,1H3,(H2,10,11);1-2H3. The molecule has 1 aliphatic heterocycles. The maximum atomic E-state index is 10.7. The van der Waals surface area contributed by atoms with Crippen LogP contribution in [0.1, 0.15) is 68.4 Å². The van der Waals surface area contributed by atoms with Crippen molar-refractivity contribution in [2.45, 2.75) is 59.9 Å². The molecule has 5 nitrogen and oxygen atoms in total. The molecule has 3 rings (SSSR count). The van der Waals surface area contributed by atoms with E-state index in [0.717, 1.165) is 42.4 Å². The Morgan fingerprint density at radius 2 is 1.79 bits per heavy atom. The van der Waals surface area contributed by atoms with Gasteiger partial charge in [-0.1, -0.05) is 52.3 Å². The van der Waals surface area contributed by atoms with Crippen molar-refractivity contribution in [1.29, 1.82) is 0 Å². The normalized spacial score (nSPS) is 13.6. The van der Waals surface area contributed by atoms with E-state index >= 15 is 0 Å². The number of anilines is 1. The number of aryl methyl sites for hydroxylation is 1. The average Bonchev–Trinajstić information content (AvgIpc) is 2.81. The van der Waals surface area contributed by atoms with Crippen molar-refractivity contribution in [3.63, 3.8) is 0 Å². The minimum Gasteiger partial charge on any atom is -0.366 e. The molecule has 0 saturated carbocycles. The molecule has 0 unspecified atom stereocenters. The highest BCUT2D eigenvalue weighted by atomic mass is 16.1. The van der Waals surface area contributed by atoms with Gasteiger partial charge < -0.3 is 16.4 Å². The summed E-state index contributed by atoms with van der Waals surface area (Å²) in [5, 5.41) is 0. The lowest BCUT2D eigenvalue weighted by molar-refractivity contribution is 0.1000. The highest BCUT2D eigenvalue weighted by Crippen LogP contribution is 2.23. The second-order valence-electron chi connectivity index (χ2n) is 6.99.